The van der Waals surface area contributed by atoms with E-state index in [9.17, 15) is 0 Å². The number of nitrogens with one attached hydrogen (secondary N) is 1. The van der Waals surface area contributed by atoms with Gasteiger partial charge in [-0.3, -0.25) is 0 Å². The number of rotatable bonds is 9. The highest BCUT2D eigenvalue weighted by molar-refractivity contribution is 4.86. The van der Waals surface area contributed by atoms with Crippen LogP contribution in [0.4, 0.5) is 0 Å². The Morgan fingerprint density at radius 2 is 1.94 bits per heavy atom. The van der Waals surface area contributed by atoms with Crippen LogP contribution in [0.1, 0.15) is 53.4 Å². The Morgan fingerprint density at radius 3 is 2.44 bits per heavy atom. The summed E-state index contributed by atoms with van der Waals surface area (Å²) in [5.74, 6) is 1.62. The van der Waals surface area contributed by atoms with Crippen LogP contribution in [0.5, 0.6) is 0 Å². The molecule has 0 saturated heterocycles. The Balaban J connectivity index is 2.16. The lowest BCUT2D eigenvalue weighted by molar-refractivity contribution is 0.0337. The summed E-state index contributed by atoms with van der Waals surface area (Å²) in [7, 11) is 0. The molecule has 0 aliphatic heterocycles. The van der Waals surface area contributed by atoms with Crippen molar-refractivity contribution in [2.24, 2.45) is 11.8 Å². The second kappa shape index (κ2) is 7.29. The molecular weight excluding hydrogens is 198 g/mol. The van der Waals surface area contributed by atoms with E-state index in [1.807, 2.05) is 0 Å². The molecule has 0 aromatic heterocycles. The lowest BCUT2D eigenvalue weighted by Crippen LogP contribution is -2.37. The Hall–Kier alpha value is -0.0800. The molecule has 0 aromatic rings. The maximum Gasteiger partial charge on any atom is 0.0625 e. The van der Waals surface area contributed by atoms with Gasteiger partial charge in [-0.2, -0.15) is 0 Å². The van der Waals surface area contributed by atoms with Crippen molar-refractivity contribution in [1.82, 2.24) is 5.32 Å². The third-order valence-electron chi connectivity index (χ3n) is 3.21. The van der Waals surface area contributed by atoms with Crippen LogP contribution < -0.4 is 5.32 Å². The van der Waals surface area contributed by atoms with Gasteiger partial charge in [-0.1, -0.05) is 20.8 Å². The molecule has 1 saturated carbocycles. The molecule has 96 valence electrons. The highest BCUT2D eigenvalue weighted by atomic mass is 16.5. The van der Waals surface area contributed by atoms with Gasteiger partial charge in [0.05, 0.1) is 12.7 Å². The molecule has 2 heteroatoms. The monoisotopic (exact) mass is 227 g/mol. The zero-order chi connectivity index (χ0) is 12.0. The third kappa shape index (κ3) is 5.86. The van der Waals surface area contributed by atoms with E-state index in [4.69, 9.17) is 4.74 Å². The van der Waals surface area contributed by atoms with Crippen molar-refractivity contribution in [3.8, 4) is 0 Å². The summed E-state index contributed by atoms with van der Waals surface area (Å²) in [6, 6.07) is 0.606. The van der Waals surface area contributed by atoms with Crippen molar-refractivity contribution in [2.75, 3.05) is 13.2 Å². The van der Waals surface area contributed by atoms with Gasteiger partial charge in [-0.25, -0.2) is 0 Å². The van der Waals surface area contributed by atoms with Crippen molar-refractivity contribution >= 4 is 0 Å². The molecule has 0 heterocycles. The van der Waals surface area contributed by atoms with Crippen molar-refractivity contribution < 1.29 is 4.74 Å². The van der Waals surface area contributed by atoms with Crippen LogP contribution >= 0.6 is 0 Å². The molecule has 0 radical (unpaired) electrons. The summed E-state index contributed by atoms with van der Waals surface area (Å²) >= 11 is 0. The highest BCUT2D eigenvalue weighted by Crippen LogP contribution is 2.33. The van der Waals surface area contributed by atoms with Crippen molar-refractivity contribution in [3.63, 3.8) is 0 Å². The Bertz CT molecular complexity index is 178. The highest BCUT2D eigenvalue weighted by Gasteiger charge is 2.31. The average Bonchev–Trinajstić information content (AvgIpc) is 3.00. The number of ether oxygens (including phenoxy) is 1. The molecule has 1 N–H and O–H groups in total. The third-order valence-corrected chi connectivity index (χ3v) is 3.21. The molecule has 0 aromatic carbocycles. The van der Waals surface area contributed by atoms with Crippen molar-refractivity contribution in [1.29, 1.82) is 0 Å². The first kappa shape index (κ1) is 14.0. The van der Waals surface area contributed by atoms with Gasteiger partial charge in [0.1, 0.15) is 0 Å². The Labute approximate surface area is 101 Å². The topological polar surface area (TPSA) is 21.3 Å². The summed E-state index contributed by atoms with van der Waals surface area (Å²) in [6.07, 6.45) is 5.58. The van der Waals surface area contributed by atoms with E-state index in [0.29, 0.717) is 12.1 Å². The van der Waals surface area contributed by atoms with Gasteiger partial charge >= 0.3 is 0 Å². The molecule has 2 unspecified atom stereocenters. The van der Waals surface area contributed by atoms with E-state index in [-0.39, 0.29) is 0 Å². The SMILES string of the molecule is CCCNC(COC(C)CC(C)C)C1CC1. The zero-order valence-corrected chi connectivity index (χ0v) is 11.5. The van der Waals surface area contributed by atoms with Crippen LogP contribution in [0.25, 0.3) is 0 Å². The largest absolute Gasteiger partial charge is 0.377 e. The quantitative estimate of drug-likeness (QED) is 0.653. The second-order valence-corrected chi connectivity index (χ2v) is 5.67. The minimum absolute atomic E-state index is 0.407. The number of hydrogen-bond acceptors (Lipinski definition) is 2. The summed E-state index contributed by atoms with van der Waals surface area (Å²) < 4.78 is 5.95. The molecular formula is C14H29NO. The van der Waals surface area contributed by atoms with Gasteiger partial charge in [-0.05, 0) is 51.0 Å². The van der Waals surface area contributed by atoms with Crippen LogP contribution in [-0.2, 0) is 4.74 Å². The maximum atomic E-state index is 5.95. The lowest BCUT2D eigenvalue weighted by Gasteiger charge is -2.22. The predicted octanol–water partition coefficient (Wildman–Crippen LogP) is 3.22. The first-order valence-electron chi connectivity index (χ1n) is 6.98. The smallest absolute Gasteiger partial charge is 0.0625 e. The normalized spacial score (nSPS) is 20.1. The van der Waals surface area contributed by atoms with Crippen molar-refractivity contribution in [2.45, 2.75) is 65.5 Å². The standard InChI is InChI=1S/C14H29NO/c1-5-8-15-14(13-6-7-13)10-16-12(4)9-11(2)3/h11-15H,5-10H2,1-4H3. The van der Waals surface area contributed by atoms with Gasteiger partial charge in [0.2, 0.25) is 0 Å². The summed E-state index contributed by atoms with van der Waals surface area (Å²) in [5, 5.41) is 3.62. The van der Waals surface area contributed by atoms with Crippen LogP contribution in [0, 0.1) is 11.8 Å². The fourth-order valence-electron chi connectivity index (χ4n) is 2.19. The minimum atomic E-state index is 0.407. The van der Waals surface area contributed by atoms with Crippen LogP contribution in [0.2, 0.25) is 0 Å². The summed E-state index contributed by atoms with van der Waals surface area (Å²) in [4.78, 5) is 0. The zero-order valence-electron chi connectivity index (χ0n) is 11.5. The molecule has 0 amide bonds. The molecule has 16 heavy (non-hydrogen) atoms. The number of hydrogen-bond donors (Lipinski definition) is 1. The minimum Gasteiger partial charge on any atom is -0.377 e. The fraction of sp³-hybridized carbons (Fsp3) is 1.00. The van der Waals surface area contributed by atoms with Gasteiger partial charge in [0.25, 0.3) is 0 Å². The van der Waals surface area contributed by atoms with Crippen LogP contribution in [0.15, 0.2) is 0 Å². The average molecular weight is 227 g/mol. The van der Waals surface area contributed by atoms with E-state index in [1.54, 1.807) is 0 Å². The molecule has 1 rings (SSSR count). The molecule has 2 atom stereocenters. The van der Waals surface area contributed by atoms with Gasteiger partial charge < -0.3 is 10.1 Å². The lowest BCUT2D eigenvalue weighted by atomic mass is 10.1. The van der Waals surface area contributed by atoms with E-state index in [0.717, 1.165) is 25.0 Å². The molecule has 1 aliphatic carbocycles. The molecule has 1 aliphatic rings. The molecule has 0 bridgehead atoms. The van der Waals surface area contributed by atoms with Gasteiger partial charge in [0, 0.05) is 6.04 Å². The van der Waals surface area contributed by atoms with Crippen LogP contribution in [0.3, 0.4) is 0 Å². The molecule has 0 spiro atoms. The summed E-state index contributed by atoms with van der Waals surface area (Å²) in [6.45, 7) is 11.0. The first-order chi connectivity index (χ1) is 7.63. The summed E-state index contributed by atoms with van der Waals surface area (Å²) in [5.41, 5.74) is 0. The molecule has 1 fully saturated rings. The second-order valence-electron chi connectivity index (χ2n) is 5.67. The van der Waals surface area contributed by atoms with E-state index in [2.05, 4.69) is 33.0 Å². The Kier molecular flexibility index (Phi) is 6.37. The first-order valence-corrected chi connectivity index (χ1v) is 6.98. The Morgan fingerprint density at radius 1 is 1.25 bits per heavy atom. The predicted molar refractivity (Wildman–Crippen MR) is 69.7 cm³/mol. The van der Waals surface area contributed by atoms with Crippen molar-refractivity contribution in [3.05, 3.63) is 0 Å². The van der Waals surface area contributed by atoms with E-state index in [1.165, 1.54) is 25.7 Å². The van der Waals surface area contributed by atoms with E-state index < -0.39 is 0 Å². The van der Waals surface area contributed by atoms with Crippen LogP contribution in [-0.4, -0.2) is 25.3 Å². The van der Waals surface area contributed by atoms with Gasteiger partial charge in [0.15, 0.2) is 0 Å². The fourth-order valence-corrected chi connectivity index (χ4v) is 2.19. The molecule has 2 nitrogen and oxygen atoms in total. The van der Waals surface area contributed by atoms with Gasteiger partial charge in [-0.15, -0.1) is 0 Å². The maximum absolute atomic E-state index is 5.95. The van der Waals surface area contributed by atoms with E-state index >= 15 is 0 Å².